The third-order valence-corrected chi connectivity index (χ3v) is 5.32. The van der Waals surface area contributed by atoms with Gasteiger partial charge in [-0.05, 0) is 35.4 Å². The Bertz CT molecular complexity index is 705. The Morgan fingerprint density at radius 1 is 1.36 bits per heavy atom. The van der Waals surface area contributed by atoms with E-state index in [4.69, 9.17) is 0 Å². The first kappa shape index (κ1) is 19.4. The van der Waals surface area contributed by atoms with Crippen LogP contribution in [0.1, 0.15) is 63.2 Å². The van der Waals surface area contributed by atoms with E-state index in [-0.39, 0.29) is 23.3 Å². The molecule has 0 aliphatic carbocycles. The Balaban J connectivity index is 2.27. The largest absolute Gasteiger partial charge is 0.508 e. The molecule has 0 aliphatic rings. The van der Waals surface area contributed by atoms with E-state index in [1.54, 1.807) is 23.6 Å². The summed E-state index contributed by atoms with van der Waals surface area (Å²) in [5, 5.41) is 16.1. The predicted octanol–water partition coefficient (Wildman–Crippen LogP) is 4.59. The molecule has 2 atom stereocenters. The molecule has 2 aromatic rings. The number of aromatic nitrogens is 1. The van der Waals surface area contributed by atoms with Gasteiger partial charge >= 0.3 is 0 Å². The number of phenolic OH excluding ortho intramolecular Hbond substituents is 1. The fourth-order valence-corrected chi connectivity index (χ4v) is 3.34. The number of nitrogens with one attached hydrogen (secondary N) is 1. The highest BCUT2D eigenvalue weighted by Gasteiger charge is 2.23. The van der Waals surface area contributed by atoms with Crippen molar-refractivity contribution in [1.82, 2.24) is 10.3 Å². The van der Waals surface area contributed by atoms with Crippen molar-refractivity contribution >= 4 is 17.2 Å². The molecule has 4 nitrogen and oxygen atoms in total. The molecule has 5 heteroatoms. The highest BCUT2D eigenvalue weighted by atomic mass is 32.1. The molecular weight excluding hydrogens is 332 g/mol. The second-order valence-corrected chi connectivity index (χ2v) is 8.47. The van der Waals surface area contributed by atoms with E-state index in [0.29, 0.717) is 12.2 Å². The van der Waals surface area contributed by atoms with Gasteiger partial charge in [0.05, 0.1) is 6.04 Å². The Morgan fingerprint density at radius 3 is 2.64 bits per heavy atom. The van der Waals surface area contributed by atoms with Gasteiger partial charge in [0.15, 0.2) is 0 Å². The number of amides is 1. The molecule has 1 aromatic heterocycles. The topological polar surface area (TPSA) is 62.2 Å². The Kier molecular flexibility index (Phi) is 6.22. The highest BCUT2D eigenvalue weighted by molar-refractivity contribution is 7.09. The molecule has 0 radical (unpaired) electrons. The van der Waals surface area contributed by atoms with Crippen molar-refractivity contribution in [2.45, 2.75) is 58.9 Å². The summed E-state index contributed by atoms with van der Waals surface area (Å²) >= 11 is 1.55. The van der Waals surface area contributed by atoms with Crippen molar-refractivity contribution in [3.63, 3.8) is 0 Å². The van der Waals surface area contributed by atoms with Crippen molar-refractivity contribution in [3.8, 4) is 5.75 Å². The van der Waals surface area contributed by atoms with Crippen LogP contribution in [0.25, 0.3) is 0 Å². The standard InChI is InChI=1S/C20H28N2O2S/c1-6-13(2)18(24)22-16(19-21-9-10-25-19)12-14-7-8-17(23)15(11-14)20(3,4)5/h7-11,13,16,23H,6,12H2,1-5H3,(H,22,24). The normalized spacial score (nSPS) is 14.1. The summed E-state index contributed by atoms with van der Waals surface area (Å²) in [6.45, 7) is 10.2. The van der Waals surface area contributed by atoms with Crippen LogP contribution in [0.3, 0.4) is 0 Å². The summed E-state index contributed by atoms with van der Waals surface area (Å²) < 4.78 is 0. The van der Waals surface area contributed by atoms with E-state index in [2.05, 4.69) is 31.1 Å². The van der Waals surface area contributed by atoms with Crippen LogP contribution in [0.4, 0.5) is 0 Å². The van der Waals surface area contributed by atoms with Gasteiger partial charge in [-0.3, -0.25) is 4.79 Å². The summed E-state index contributed by atoms with van der Waals surface area (Å²) in [5.41, 5.74) is 1.85. The van der Waals surface area contributed by atoms with Crippen LogP contribution < -0.4 is 5.32 Å². The minimum absolute atomic E-state index is 0.0209. The van der Waals surface area contributed by atoms with Crippen LogP contribution in [0.5, 0.6) is 5.75 Å². The SMILES string of the molecule is CCC(C)C(=O)NC(Cc1ccc(O)c(C(C)(C)C)c1)c1nccs1. The van der Waals surface area contributed by atoms with Crippen LogP contribution in [0, 0.1) is 5.92 Å². The van der Waals surface area contributed by atoms with Gasteiger partial charge in [0.2, 0.25) is 5.91 Å². The average molecular weight is 361 g/mol. The van der Waals surface area contributed by atoms with Gasteiger partial charge in [-0.25, -0.2) is 4.98 Å². The Morgan fingerprint density at radius 2 is 2.08 bits per heavy atom. The lowest BCUT2D eigenvalue weighted by molar-refractivity contribution is -0.125. The number of benzene rings is 1. The summed E-state index contributed by atoms with van der Waals surface area (Å²) in [4.78, 5) is 16.8. The smallest absolute Gasteiger partial charge is 0.223 e. The first-order chi connectivity index (χ1) is 11.7. The first-order valence-corrected chi connectivity index (χ1v) is 9.62. The highest BCUT2D eigenvalue weighted by Crippen LogP contribution is 2.32. The molecule has 0 saturated carbocycles. The van der Waals surface area contributed by atoms with Gasteiger partial charge in [0.1, 0.15) is 10.8 Å². The van der Waals surface area contributed by atoms with Crippen molar-refractivity contribution in [2.24, 2.45) is 5.92 Å². The number of hydrogen-bond donors (Lipinski definition) is 2. The summed E-state index contributed by atoms with van der Waals surface area (Å²) in [6.07, 6.45) is 3.22. The predicted molar refractivity (Wildman–Crippen MR) is 103 cm³/mol. The second-order valence-electron chi connectivity index (χ2n) is 7.55. The Hall–Kier alpha value is -1.88. The molecular formula is C20H28N2O2S. The lowest BCUT2D eigenvalue weighted by atomic mass is 9.85. The van der Waals surface area contributed by atoms with Gasteiger partial charge in [-0.1, -0.05) is 46.8 Å². The van der Waals surface area contributed by atoms with Crippen molar-refractivity contribution in [1.29, 1.82) is 0 Å². The second kappa shape index (κ2) is 8.00. The Labute approximate surface area is 154 Å². The van der Waals surface area contributed by atoms with Crippen LogP contribution >= 0.6 is 11.3 Å². The number of hydrogen-bond acceptors (Lipinski definition) is 4. The molecule has 0 saturated heterocycles. The lowest BCUT2D eigenvalue weighted by Gasteiger charge is -2.23. The fourth-order valence-electron chi connectivity index (χ4n) is 2.65. The van der Waals surface area contributed by atoms with E-state index in [1.165, 1.54) is 0 Å². The zero-order chi connectivity index (χ0) is 18.6. The molecule has 25 heavy (non-hydrogen) atoms. The summed E-state index contributed by atoms with van der Waals surface area (Å²) in [6, 6.07) is 5.54. The summed E-state index contributed by atoms with van der Waals surface area (Å²) in [7, 11) is 0. The maximum Gasteiger partial charge on any atom is 0.223 e. The number of nitrogens with zero attached hydrogens (tertiary/aromatic N) is 1. The van der Waals surface area contributed by atoms with E-state index < -0.39 is 0 Å². The quantitative estimate of drug-likeness (QED) is 0.792. The van der Waals surface area contributed by atoms with Crippen LogP contribution in [0.15, 0.2) is 29.8 Å². The van der Waals surface area contributed by atoms with Gasteiger partial charge in [0, 0.05) is 17.5 Å². The van der Waals surface area contributed by atoms with Crippen molar-refractivity contribution in [2.75, 3.05) is 0 Å². The van der Waals surface area contributed by atoms with E-state index in [1.807, 2.05) is 31.4 Å². The molecule has 1 heterocycles. The third kappa shape index (κ3) is 5.05. The number of phenols is 1. The minimum atomic E-state index is -0.154. The van der Waals surface area contributed by atoms with E-state index in [9.17, 15) is 9.90 Å². The van der Waals surface area contributed by atoms with Crippen molar-refractivity contribution in [3.05, 3.63) is 45.9 Å². The summed E-state index contributed by atoms with van der Waals surface area (Å²) in [5.74, 6) is 0.343. The molecule has 2 unspecified atom stereocenters. The van der Waals surface area contributed by atoms with Gasteiger partial charge in [0.25, 0.3) is 0 Å². The monoisotopic (exact) mass is 360 g/mol. The molecule has 0 spiro atoms. The van der Waals surface area contributed by atoms with Gasteiger partial charge in [-0.15, -0.1) is 11.3 Å². The van der Waals surface area contributed by atoms with E-state index >= 15 is 0 Å². The fraction of sp³-hybridized carbons (Fsp3) is 0.500. The number of thiazole rings is 1. The molecule has 1 aromatic carbocycles. The molecule has 0 bridgehead atoms. The molecule has 136 valence electrons. The maximum atomic E-state index is 12.4. The van der Waals surface area contributed by atoms with Crippen LogP contribution in [0.2, 0.25) is 0 Å². The zero-order valence-electron chi connectivity index (χ0n) is 15.7. The number of carbonyl (C=O) groups excluding carboxylic acids is 1. The van der Waals surface area contributed by atoms with Crippen molar-refractivity contribution < 1.29 is 9.90 Å². The zero-order valence-corrected chi connectivity index (χ0v) is 16.5. The van der Waals surface area contributed by atoms with Gasteiger partial charge in [-0.2, -0.15) is 0 Å². The minimum Gasteiger partial charge on any atom is -0.508 e. The van der Waals surface area contributed by atoms with Crippen LogP contribution in [-0.2, 0) is 16.6 Å². The third-order valence-electron chi connectivity index (χ3n) is 4.43. The number of carbonyl (C=O) groups is 1. The van der Waals surface area contributed by atoms with Gasteiger partial charge < -0.3 is 10.4 Å². The number of rotatable bonds is 6. The molecule has 0 fully saturated rings. The molecule has 2 N–H and O–H groups in total. The molecule has 2 rings (SSSR count). The first-order valence-electron chi connectivity index (χ1n) is 8.74. The molecule has 0 aliphatic heterocycles. The molecule has 1 amide bonds. The lowest BCUT2D eigenvalue weighted by Crippen LogP contribution is -2.33. The average Bonchev–Trinajstić information content (AvgIpc) is 3.08. The maximum absolute atomic E-state index is 12.4. The van der Waals surface area contributed by atoms with E-state index in [0.717, 1.165) is 22.6 Å². The van der Waals surface area contributed by atoms with Crippen LogP contribution in [-0.4, -0.2) is 16.0 Å². The number of aromatic hydroxyl groups is 1.